The van der Waals surface area contributed by atoms with Crippen molar-refractivity contribution in [2.24, 2.45) is 5.73 Å². The molecule has 0 amide bonds. The van der Waals surface area contributed by atoms with E-state index in [0.717, 1.165) is 0 Å². The van der Waals surface area contributed by atoms with Gasteiger partial charge in [0.05, 0.1) is 6.61 Å². The van der Waals surface area contributed by atoms with Gasteiger partial charge in [-0.25, -0.2) is 4.39 Å². The fraction of sp³-hybridized carbons (Fsp3) is 0.500. The predicted molar refractivity (Wildman–Crippen MR) is 62.3 cm³/mol. The van der Waals surface area contributed by atoms with Crippen molar-refractivity contribution in [2.45, 2.75) is 19.6 Å². The van der Waals surface area contributed by atoms with Crippen LogP contribution in [0.2, 0.25) is 0 Å². The molecule has 1 aromatic rings. The first-order chi connectivity index (χ1) is 8.15. The normalized spacial score (nSPS) is 12.5. The summed E-state index contributed by atoms with van der Waals surface area (Å²) in [6.45, 7) is 2.89. The zero-order valence-electron chi connectivity index (χ0n) is 9.86. The van der Waals surface area contributed by atoms with Crippen LogP contribution in [-0.2, 0) is 11.3 Å². The number of halogens is 1. The minimum atomic E-state index is -0.723. The third-order valence-electron chi connectivity index (χ3n) is 2.12. The highest BCUT2D eigenvalue weighted by atomic mass is 19.1. The van der Waals surface area contributed by atoms with Gasteiger partial charge in [0.15, 0.2) is 0 Å². The Bertz CT molecular complexity index is 347. The van der Waals surface area contributed by atoms with E-state index in [1.165, 1.54) is 12.1 Å². The SMILES string of the molecule is CCOCC(O)COc1cc(F)cc(CN)c1. The minimum Gasteiger partial charge on any atom is -0.491 e. The van der Waals surface area contributed by atoms with Crippen molar-refractivity contribution in [3.8, 4) is 5.75 Å². The van der Waals surface area contributed by atoms with Crippen molar-refractivity contribution in [3.05, 3.63) is 29.6 Å². The van der Waals surface area contributed by atoms with E-state index < -0.39 is 11.9 Å². The fourth-order valence-electron chi connectivity index (χ4n) is 1.32. The molecule has 17 heavy (non-hydrogen) atoms. The van der Waals surface area contributed by atoms with Crippen LogP contribution in [0.15, 0.2) is 18.2 Å². The number of aliphatic hydroxyl groups is 1. The first-order valence-electron chi connectivity index (χ1n) is 5.53. The topological polar surface area (TPSA) is 64.7 Å². The predicted octanol–water partition coefficient (Wildman–Crippen LogP) is 1.06. The number of aliphatic hydroxyl groups excluding tert-OH is 1. The lowest BCUT2D eigenvalue weighted by molar-refractivity contribution is 0.0164. The van der Waals surface area contributed by atoms with E-state index >= 15 is 0 Å². The Morgan fingerprint density at radius 2 is 2.12 bits per heavy atom. The number of rotatable bonds is 7. The summed E-state index contributed by atoms with van der Waals surface area (Å²) in [4.78, 5) is 0. The van der Waals surface area contributed by atoms with Gasteiger partial charge in [-0.3, -0.25) is 0 Å². The molecule has 0 saturated heterocycles. The summed E-state index contributed by atoms with van der Waals surface area (Å²) in [6, 6.07) is 4.26. The Morgan fingerprint density at radius 1 is 1.35 bits per heavy atom. The van der Waals surface area contributed by atoms with Crippen LogP contribution in [0.5, 0.6) is 5.75 Å². The zero-order chi connectivity index (χ0) is 12.7. The van der Waals surface area contributed by atoms with Gasteiger partial charge in [0.25, 0.3) is 0 Å². The Kier molecular flexibility index (Phi) is 5.90. The molecule has 0 saturated carbocycles. The van der Waals surface area contributed by atoms with Gasteiger partial charge in [-0.2, -0.15) is 0 Å². The van der Waals surface area contributed by atoms with Crippen LogP contribution < -0.4 is 10.5 Å². The molecule has 0 heterocycles. The second kappa shape index (κ2) is 7.21. The lowest BCUT2D eigenvalue weighted by atomic mass is 10.2. The molecule has 1 aromatic carbocycles. The standard InChI is InChI=1S/C12H18FNO3/c1-2-16-7-11(15)8-17-12-4-9(6-14)3-10(13)5-12/h3-5,11,15H,2,6-8,14H2,1H3. The van der Waals surface area contributed by atoms with Crippen LogP contribution in [0.25, 0.3) is 0 Å². The number of nitrogens with two attached hydrogens (primary N) is 1. The van der Waals surface area contributed by atoms with Crippen molar-refractivity contribution in [3.63, 3.8) is 0 Å². The first kappa shape index (κ1) is 13.9. The smallest absolute Gasteiger partial charge is 0.127 e. The van der Waals surface area contributed by atoms with Crippen molar-refractivity contribution in [2.75, 3.05) is 19.8 Å². The highest BCUT2D eigenvalue weighted by Crippen LogP contribution is 2.16. The lowest BCUT2D eigenvalue weighted by Gasteiger charge is -2.12. The maximum atomic E-state index is 13.1. The van der Waals surface area contributed by atoms with E-state index in [1.54, 1.807) is 6.07 Å². The van der Waals surface area contributed by atoms with Crippen molar-refractivity contribution in [1.82, 2.24) is 0 Å². The molecule has 1 rings (SSSR count). The van der Waals surface area contributed by atoms with Crippen LogP contribution in [0, 0.1) is 5.82 Å². The summed E-state index contributed by atoms with van der Waals surface area (Å²) in [5, 5.41) is 9.47. The second-order valence-corrected chi connectivity index (χ2v) is 3.62. The summed E-state index contributed by atoms with van der Waals surface area (Å²) >= 11 is 0. The largest absolute Gasteiger partial charge is 0.491 e. The summed E-state index contributed by atoms with van der Waals surface area (Å²) in [5.74, 6) is -0.0387. The van der Waals surface area contributed by atoms with Crippen LogP contribution in [0.3, 0.4) is 0 Å². The summed E-state index contributed by atoms with van der Waals surface area (Å²) in [7, 11) is 0. The summed E-state index contributed by atoms with van der Waals surface area (Å²) in [6.07, 6.45) is -0.723. The summed E-state index contributed by atoms with van der Waals surface area (Å²) in [5.41, 5.74) is 6.07. The van der Waals surface area contributed by atoms with E-state index in [2.05, 4.69) is 0 Å². The molecule has 0 radical (unpaired) electrons. The molecule has 4 nitrogen and oxygen atoms in total. The third kappa shape index (κ3) is 5.12. The van der Waals surface area contributed by atoms with Gasteiger partial charge in [-0.05, 0) is 24.6 Å². The fourth-order valence-corrected chi connectivity index (χ4v) is 1.32. The van der Waals surface area contributed by atoms with Gasteiger partial charge >= 0.3 is 0 Å². The number of hydrogen-bond donors (Lipinski definition) is 2. The molecular weight excluding hydrogens is 225 g/mol. The third-order valence-corrected chi connectivity index (χ3v) is 2.12. The quantitative estimate of drug-likeness (QED) is 0.751. The van der Waals surface area contributed by atoms with Crippen LogP contribution in [-0.4, -0.2) is 31.0 Å². The number of hydrogen-bond acceptors (Lipinski definition) is 4. The van der Waals surface area contributed by atoms with Gasteiger partial charge in [-0.1, -0.05) is 0 Å². The maximum absolute atomic E-state index is 13.1. The van der Waals surface area contributed by atoms with Gasteiger partial charge in [0.2, 0.25) is 0 Å². The molecule has 1 unspecified atom stereocenters. The monoisotopic (exact) mass is 243 g/mol. The molecule has 3 N–H and O–H groups in total. The van der Waals surface area contributed by atoms with E-state index in [0.29, 0.717) is 17.9 Å². The Balaban J connectivity index is 2.48. The van der Waals surface area contributed by atoms with E-state index in [4.69, 9.17) is 15.2 Å². The molecule has 1 atom stereocenters. The molecular formula is C12H18FNO3. The van der Waals surface area contributed by atoms with Crippen LogP contribution in [0.1, 0.15) is 12.5 Å². The Hall–Kier alpha value is -1.17. The lowest BCUT2D eigenvalue weighted by Crippen LogP contribution is -2.23. The van der Waals surface area contributed by atoms with E-state index in [1.807, 2.05) is 6.92 Å². The van der Waals surface area contributed by atoms with E-state index in [-0.39, 0.29) is 19.8 Å². The van der Waals surface area contributed by atoms with Gasteiger partial charge < -0.3 is 20.3 Å². The van der Waals surface area contributed by atoms with Crippen LogP contribution >= 0.6 is 0 Å². The number of benzene rings is 1. The Labute approximate surface area is 100 Å². The zero-order valence-corrected chi connectivity index (χ0v) is 9.86. The molecule has 96 valence electrons. The molecule has 0 fully saturated rings. The van der Waals surface area contributed by atoms with Gasteiger partial charge in [0.1, 0.15) is 24.3 Å². The molecule has 5 heteroatoms. The van der Waals surface area contributed by atoms with Gasteiger partial charge in [-0.15, -0.1) is 0 Å². The van der Waals surface area contributed by atoms with Crippen LogP contribution in [0.4, 0.5) is 4.39 Å². The summed E-state index contributed by atoms with van der Waals surface area (Å²) < 4.78 is 23.4. The van der Waals surface area contributed by atoms with Crippen molar-refractivity contribution < 1.29 is 19.0 Å². The van der Waals surface area contributed by atoms with E-state index in [9.17, 15) is 9.50 Å². The van der Waals surface area contributed by atoms with Crippen molar-refractivity contribution in [1.29, 1.82) is 0 Å². The van der Waals surface area contributed by atoms with Crippen molar-refractivity contribution >= 4 is 0 Å². The molecule has 0 aliphatic rings. The van der Waals surface area contributed by atoms with Gasteiger partial charge in [0, 0.05) is 19.2 Å². The maximum Gasteiger partial charge on any atom is 0.127 e. The molecule has 0 spiro atoms. The first-order valence-corrected chi connectivity index (χ1v) is 5.53. The minimum absolute atomic E-state index is 0.0630. The molecule has 0 aromatic heterocycles. The molecule has 0 aliphatic heterocycles. The number of ether oxygens (including phenoxy) is 2. The average Bonchev–Trinajstić information content (AvgIpc) is 2.33. The molecule has 0 bridgehead atoms. The average molecular weight is 243 g/mol. The highest BCUT2D eigenvalue weighted by molar-refractivity contribution is 5.29. The molecule has 0 aliphatic carbocycles. The highest BCUT2D eigenvalue weighted by Gasteiger charge is 2.06. The second-order valence-electron chi connectivity index (χ2n) is 3.62. The Morgan fingerprint density at radius 3 is 2.76 bits per heavy atom.